The lowest BCUT2D eigenvalue weighted by Crippen LogP contribution is -2.51. The quantitative estimate of drug-likeness (QED) is 0.576. The van der Waals surface area contributed by atoms with Crippen molar-refractivity contribution >= 4 is 28.9 Å². The summed E-state index contributed by atoms with van der Waals surface area (Å²) in [5, 5.41) is 13.2. The smallest absolute Gasteiger partial charge is 0.410 e. The van der Waals surface area contributed by atoms with Gasteiger partial charge in [0.15, 0.2) is 0 Å². The number of ether oxygens (including phenoxy) is 1. The van der Waals surface area contributed by atoms with Crippen molar-refractivity contribution < 1.29 is 24.2 Å². The fourth-order valence-electron chi connectivity index (χ4n) is 3.96. The summed E-state index contributed by atoms with van der Waals surface area (Å²) in [6.07, 6.45) is 0.548. The van der Waals surface area contributed by atoms with Crippen LogP contribution < -0.4 is 5.32 Å². The monoisotopic (exact) mass is 447 g/mol. The summed E-state index contributed by atoms with van der Waals surface area (Å²) in [4.78, 5) is 43.2. The average molecular weight is 447 g/mol. The SMILES string of the molecule is O=C(N[C@H](Cc1ccc2ccccc2n1)C(=O)O)[C@H]1CCCN1C(=O)OCc1ccccc1. The molecule has 8 nitrogen and oxygen atoms in total. The maximum absolute atomic E-state index is 12.9. The molecule has 0 radical (unpaired) electrons. The van der Waals surface area contributed by atoms with E-state index in [2.05, 4.69) is 10.3 Å². The predicted molar refractivity (Wildman–Crippen MR) is 121 cm³/mol. The highest BCUT2D eigenvalue weighted by molar-refractivity contribution is 5.89. The van der Waals surface area contributed by atoms with Gasteiger partial charge in [-0.25, -0.2) is 9.59 Å². The first-order valence-corrected chi connectivity index (χ1v) is 10.9. The van der Waals surface area contributed by atoms with Crippen molar-refractivity contribution in [3.63, 3.8) is 0 Å². The third-order valence-electron chi connectivity index (χ3n) is 5.68. The fourth-order valence-corrected chi connectivity index (χ4v) is 3.96. The zero-order chi connectivity index (χ0) is 23.2. The lowest BCUT2D eigenvalue weighted by Gasteiger charge is -2.25. The summed E-state index contributed by atoms with van der Waals surface area (Å²) in [6, 6.07) is 18.5. The number of rotatable bonds is 7. The number of carboxylic acid groups (broad SMARTS) is 1. The summed E-state index contributed by atoms with van der Waals surface area (Å²) in [6.45, 7) is 0.492. The van der Waals surface area contributed by atoms with Crippen LogP contribution in [0.2, 0.25) is 0 Å². The average Bonchev–Trinajstić information content (AvgIpc) is 3.33. The van der Waals surface area contributed by atoms with E-state index in [-0.39, 0.29) is 13.0 Å². The second-order valence-corrected chi connectivity index (χ2v) is 7.99. The first kappa shape index (κ1) is 22.3. The Morgan fingerprint density at radius 3 is 2.61 bits per heavy atom. The Morgan fingerprint density at radius 2 is 1.82 bits per heavy atom. The fraction of sp³-hybridized carbons (Fsp3) is 0.280. The van der Waals surface area contributed by atoms with Crippen LogP contribution in [0.4, 0.5) is 4.79 Å². The molecular formula is C25H25N3O5. The van der Waals surface area contributed by atoms with Crippen LogP contribution in [0.1, 0.15) is 24.1 Å². The molecule has 2 N–H and O–H groups in total. The van der Waals surface area contributed by atoms with Crippen LogP contribution in [0.3, 0.4) is 0 Å². The zero-order valence-electron chi connectivity index (χ0n) is 18.0. The summed E-state index contributed by atoms with van der Waals surface area (Å²) < 4.78 is 5.36. The minimum absolute atomic E-state index is 0.0388. The van der Waals surface area contributed by atoms with Crippen LogP contribution in [-0.4, -0.2) is 51.6 Å². The molecule has 0 spiro atoms. The number of pyridine rings is 1. The lowest BCUT2D eigenvalue weighted by molar-refractivity contribution is -0.142. The molecule has 2 aromatic carbocycles. The van der Waals surface area contributed by atoms with Crippen LogP contribution in [-0.2, 0) is 27.4 Å². The molecule has 8 heteroatoms. The number of fused-ring (bicyclic) bond motifs is 1. The van der Waals surface area contributed by atoms with Crippen molar-refractivity contribution in [3.8, 4) is 0 Å². The number of carboxylic acids is 1. The van der Waals surface area contributed by atoms with Crippen molar-refractivity contribution in [3.05, 3.63) is 78.0 Å². The van der Waals surface area contributed by atoms with E-state index < -0.39 is 30.1 Å². The van der Waals surface area contributed by atoms with Crippen LogP contribution in [0.15, 0.2) is 66.7 Å². The van der Waals surface area contributed by atoms with Crippen molar-refractivity contribution in [2.45, 2.75) is 38.0 Å². The molecule has 4 rings (SSSR count). The van der Waals surface area contributed by atoms with E-state index in [4.69, 9.17) is 4.74 Å². The number of aromatic nitrogens is 1. The van der Waals surface area contributed by atoms with Gasteiger partial charge in [0.1, 0.15) is 18.7 Å². The molecule has 1 aromatic heterocycles. The van der Waals surface area contributed by atoms with E-state index >= 15 is 0 Å². The lowest BCUT2D eigenvalue weighted by atomic mass is 10.1. The molecule has 2 atom stereocenters. The Bertz CT molecular complexity index is 1150. The molecule has 2 amide bonds. The molecule has 0 bridgehead atoms. The molecule has 1 saturated heterocycles. The molecular weight excluding hydrogens is 422 g/mol. The number of likely N-dealkylation sites (tertiary alicyclic amines) is 1. The molecule has 170 valence electrons. The van der Waals surface area contributed by atoms with Gasteiger partial charge in [-0.05, 0) is 30.5 Å². The topological polar surface area (TPSA) is 109 Å². The van der Waals surface area contributed by atoms with Crippen LogP contribution in [0.5, 0.6) is 0 Å². The number of amides is 2. The number of carbonyl (C=O) groups excluding carboxylic acids is 2. The van der Waals surface area contributed by atoms with Gasteiger partial charge in [-0.3, -0.25) is 14.7 Å². The molecule has 0 aliphatic carbocycles. The number of nitrogens with zero attached hydrogens (tertiary/aromatic N) is 2. The van der Waals surface area contributed by atoms with Gasteiger partial charge in [0.2, 0.25) is 5.91 Å². The van der Waals surface area contributed by atoms with Gasteiger partial charge in [0.25, 0.3) is 0 Å². The van der Waals surface area contributed by atoms with Gasteiger partial charge in [0, 0.05) is 24.0 Å². The number of para-hydroxylation sites is 1. The second-order valence-electron chi connectivity index (χ2n) is 7.99. The first-order valence-electron chi connectivity index (χ1n) is 10.9. The van der Waals surface area contributed by atoms with Gasteiger partial charge in [-0.2, -0.15) is 0 Å². The highest BCUT2D eigenvalue weighted by atomic mass is 16.6. The highest BCUT2D eigenvalue weighted by Gasteiger charge is 2.36. The Kier molecular flexibility index (Phi) is 6.83. The van der Waals surface area contributed by atoms with Crippen molar-refractivity contribution in [1.29, 1.82) is 0 Å². The van der Waals surface area contributed by atoms with Crippen LogP contribution in [0.25, 0.3) is 10.9 Å². The zero-order valence-corrected chi connectivity index (χ0v) is 18.0. The standard InChI is InChI=1S/C25H25N3O5/c29-23(22-11-6-14-28(22)25(32)33-16-17-7-2-1-3-8-17)27-21(24(30)31)15-19-13-12-18-9-4-5-10-20(18)26-19/h1-5,7-10,12-13,21-22H,6,11,14-16H2,(H,27,29)(H,30,31)/t21-,22-/m1/s1. The molecule has 2 heterocycles. The van der Waals surface area contributed by atoms with Crippen LogP contribution in [0, 0.1) is 0 Å². The maximum atomic E-state index is 12.9. The molecule has 3 aromatic rings. The number of hydrogen-bond acceptors (Lipinski definition) is 5. The number of nitrogens with one attached hydrogen (secondary N) is 1. The summed E-state index contributed by atoms with van der Waals surface area (Å²) >= 11 is 0. The maximum Gasteiger partial charge on any atom is 0.410 e. The Hall–Kier alpha value is -3.94. The normalized spacial score (nSPS) is 16.4. The van der Waals surface area contributed by atoms with E-state index in [1.54, 1.807) is 6.07 Å². The molecule has 1 aliphatic heterocycles. The van der Waals surface area contributed by atoms with Crippen molar-refractivity contribution in [1.82, 2.24) is 15.2 Å². The van der Waals surface area contributed by atoms with Crippen LogP contribution >= 0.6 is 0 Å². The van der Waals surface area contributed by atoms with Gasteiger partial charge in [-0.1, -0.05) is 54.6 Å². The molecule has 0 saturated carbocycles. The second kappa shape index (κ2) is 10.1. The third kappa shape index (κ3) is 5.46. The van der Waals surface area contributed by atoms with Gasteiger partial charge in [0.05, 0.1) is 5.52 Å². The number of aliphatic carboxylic acids is 1. The largest absolute Gasteiger partial charge is 0.480 e. The molecule has 0 unspecified atom stereocenters. The Morgan fingerprint density at radius 1 is 1.06 bits per heavy atom. The van der Waals surface area contributed by atoms with E-state index in [0.717, 1.165) is 16.5 Å². The Balaban J connectivity index is 1.39. The van der Waals surface area contributed by atoms with E-state index in [1.807, 2.05) is 60.7 Å². The minimum atomic E-state index is -1.16. The van der Waals surface area contributed by atoms with Gasteiger partial charge in [-0.15, -0.1) is 0 Å². The summed E-state index contributed by atoms with van der Waals surface area (Å²) in [5.41, 5.74) is 2.17. The van der Waals surface area contributed by atoms with Gasteiger partial charge >= 0.3 is 12.1 Å². The first-order chi connectivity index (χ1) is 16.0. The minimum Gasteiger partial charge on any atom is -0.480 e. The number of hydrogen-bond donors (Lipinski definition) is 2. The Labute approximate surface area is 191 Å². The van der Waals surface area contributed by atoms with E-state index in [0.29, 0.717) is 25.1 Å². The summed E-state index contributed by atoms with van der Waals surface area (Å²) in [7, 11) is 0. The van der Waals surface area contributed by atoms with E-state index in [1.165, 1.54) is 4.90 Å². The third-order valence-corrected chi connectivity index (χ3v) is 5.68. The molecule has 1 aliphatic rings. The molecule has 33 heavy (non-hydrogen) atoms. The van der Waals surface area contributed by atoms with Crippen molar-refractivity contribution in [2.24, 2.45) is 0 Å². The summed E-state index contributed by atoms with van der Waals surface area (Å²) in [5.74, 6) is -1.66. The van der Waals surface area contributed by atoms with E-state index in [9.17, 15) is 19.5 Å². The van der Waals surface area contributed by atoms with Gasteiger partial charge < -0.3 is 15.2 Å². The highest BCUT2D eigenvalue weighted by Crippen LogP contribution is 2.20. The predicted octanol–water partition coefficient (Wildman–Crippen LogP) is 3.15. The number of carbonyl (C=O) groups is 3. The molecule has 1 fully saturated rings. The van der Waals surface area contributed by atoms with Crippen molar-refractivity contribution in [2.75, 3.05) is 6.54 Å². The number of benzene rings is 2.